The highest BCUT2D eigenvalue weighted by Crippen LogP contribution is 2.44. The van der Waals surface area contributed by atoms with E-state index in [-0.39, 0.29) is 18.3 Å². The van der Waals surface area contributed by atoms with Gasteiger partial charge in [-0.3, -0.25) is 0 Å². The van der Waals surface area contributed by atoms with Gasteiger partial charge in [0, 0.05) is 43.7 Å². The summed E-state index contributed by atoms with van der Waals surface area (Å²) >= 11 is 0. The van der Waals surface area contributed by atoms with E-state index in [0.717, 1.165) is 12.4 Å². The van der Waals surface area contributed by atoms with Gasteiger partial charge in [0.1, 0.15) is 5.82 Å². The van der Waals surface area contributed by atoms with Crippen molar-refractivity contribution in [2.45, 2.75) is 50.5 Å². The molecule has 0 unspecified atom stereocenters. The minimum atomic E-state index is -2.53. The Bertz CT molecular complexity index is 377. The van der Waals surface area contributed by atoms with E-state index >= 15 is 0 Å². The largest absolute Gasteiger partial charge is 0.335 e. The summed E-state index contributed by atoms with van der Waals surface area (Å²) in [6.07, 6.45) is 4.30. The zero-order valence-corrected chi connectivity index (χ0v) is 10.1. The van der Waals surface area contributed by atoms with Crippen LogP contribution in [0, 0.1) is 0 Å². The second-order valence-corrected chi connectivity index (χ2v) is 4.88. The molecule has 0 aliphatic heterocycles. The van der Waals surface area contributed by atoms with E-state index in [0.29, 0.717) is 19.4 Å². The summed E-state index contributed by atoms with van der Waals surface area (Å²) in [6, 6.07) is 0. The molecule has 2 N–H and O–H groups in total. The standard InChI is InChI=1S/C12H19F2N3/c1-2-17-8-7-16-10(17)11(9-15)3-5-12(13,14)6-4-11/h7-8H,2-6,9,15H2,1H3. The fourth-order valence-corrected chi connectivity index (χ4v) is 2.64. The minimum Gasteiger partial charge on any atom is -0.335 e. The number of alkyl halides is 2. The highest BCUT2D eigenvalue weighted by molar-refractivity contribution is 5.14. The van der Waals surface area contributed by atoms with Crippen LogP contribution in [0.1, 0.15) is 38.4 Å². The van der Waals surface area contributed by atoms with Crippen LogP contribution in [-0.4, -0.2) is 22.0 Å². The van der Waals surface area contributed by atoms with Crippen LogP contribution in [0.15, 0.2) is 12.4 Å². The van der Waals surface area contributed by atoms with Crippen LogP contribution in [0.5, 0.6) is 0 Å². The molecule has 0 aromatic carbocycles. The molecule has 1 aliphatic carbocycles. The Morgan fingerprint density at radius 3 is 2.53 bits per heavy atom. The van der Waals surface area contributed by atoms with E-state index in [2.05, 4.69) is 4.98 Å². The molecule has 1 heterocycles. The Kier molecular flexibility index (Phi) is 3.21. The number of nitrogens with zero attached hydrogens (tertiary/aromatic N) is 2. The Morgan fingerprint density at radius 2 is 2.00 bits per heavy atom. The third kappa shape index (κ3) is 2.20. The molecule has 1 aromatic rings. The third-order valence-corrected chi connectivity index (χ3v) is 3.86. The summed E-state index contributed by atoms with van der Waals surface area (Å²) in [5, 5.41) is 0. The highest BCUT2D eigenvalue weighted by atomic mass is 19.3. The Balaban J connectivity index is 2.27. The van der Waals surface area contributed by atoms with Gasteiger partial charge in [0.25, 0.3) is 0 Å². The minimum absolute atomic E-state index is 0.0826. The van der Waals surface area contributed by atoms with Gasteiger partial charge in [0.05, 0.1) is 0 Å². The Hall–Kier alpha value is -0.970. The molecule has 0 amide bonds. The zero-order valence-electron chi connectivity index (χ0n) is 10.1. The SMILES string of the molecule is CCn1ccnc1C1(CN)CCC(F)(F)CC1. The van der Waals surface area contributed by atoms with E-state index < -0.39 is 5.92 Å². The molecule has 0 atom stereocenters. The quantitative estimate of drug-likeness (QED) is 0.885. The number of hydrogen-bond acceptors (Lipinski definition) is 2. The van der Waals surface area contributed by atoms with Crippen LogP contribution >= 0.6 is 0 Å². The predicted octanol–water partition coefficient (Wildman–Crippen LogP) is 2.31. The number of imidazole rings is 1. The van der Waals surface area contributed by atoms with Crippen molar-refractivity contribution >= 4 is 0 Å². The first-order valence-electron chi connectivity index (χ1n) is 6.12. The first-order valence-corrected chi connectivity index (χ1v) is 6.12. The van der Waals surface area contributed by atoms with Gasteiger partial charge in [-0.05, 0) is 19.8 Å². The molecule has 0 spiro atoms. The Labute approximate surface area is 100 Å². The molecule has 96 valence electrons. The summed E-state index contributed by atoms with van der Waals surface area (Å²) in [4.78, 5) is 4.34. The maximum Gasteiger partial charge on any atom is 0.248 e. The molecule has 2 rings (SSSR count). The van der Waals surface area contributed by atoms with Crippen LogP contribution in [0.2, 0.25) is 0 Å². The third-order valence-electron chi connectivity index (χ3n) is 3.86. The van der Waals surface area contributed by atoms with Crippen molar-refractivity contribution in [3.63, 3.8) is 0 Å². The van der Waals surface area contributed by atoms with E-state index in [1.807, 2.05) is 17.7 Å². The van der Waals surface area contributed by atoms with E-state index in [9.17, 15) is 8.78 Å². The number of rotatable bonds is 3. The molecule has 0 bridgehead atoms. The first-order chi connectivity index (χ1) is 8.03. The molecule has 1 aliphatic rings. The van der Waals surface area contributed by atoms with Crippen molar-refractivity contribution in [1.29, 1.82) is 0 Å². The summed E-state index contributed by atoms with van der Waals surface area (Å²) < 4.78 is 28.5. The summed E-state index contributed by atoms with van der Waals surface area (Å²) in [6.45, 7) is 3.21. The van der Waals surface area contributed by atoms with Gasteiger partial charge in [-0.15, -0.1) is 0 Å². The van der Waals surface area contributed by atoms with Gasteiger partial charge < -0.3 is 10.3 Å². The molecular formula is C12H19F2N3. The van der Waals surface area contributed by atoms with Crippen LogP contribution < -0.4 is 5.73 Å². The lowest BCUT2D eigenvalue weighted by Gasteiger charge is -2.38. The number of aryl methyl sites for hydroxylation is 1. The van der Waals surface area contributed by atoms with E-state index in [4.69, 9.17) is 5.73 Å². The second-order valence-electron chi connectivity index (χ2n) is 4.88. The second kappa shape index (κ2) is 4.37. The normalized spacial score (nSPS) is 22.6. The van der Waals surface area contributed by atoms with Gasteiger partial charge in [-0.1, -0.05) is 0 Å². The fraction of sp³-hybridized carbons (Fsp3) is 0.750. The first kappa shape index (κ1) is 12.5. The monoisotopic (exact) mass is 243 g/mol. The van der Waals surface area contributed by atoms with Crippen LogP contribution in [-0.2, 0) is 12.0 Å². The molecule has 1 aromatic heterocycles. The fourth-order valence-electron chi connectivity index (χ4n) is 2.64. The smallest absolute Gasteiger partial charge is 0.248 e. The van der Waals surface area contributed by atoms with Crippen molar-refractivity contribution in [3.8, 4) is 0 Å². The number of halogens is 2. The lowest BCUT2D eigenvalue weighted by atomic mass is 9.72. The molecule has 5 heteroatoms. The van der Waals surface area contributed by atoms with Crippen LogP contribution in [0.25, 0.3) is 0 Å². The Morgan fingerprint density at radius 1 is 1.35 bits per heavy atom. The highest BCUT2D eigenvalue weighted by Gasteiger charge is 2.45. The van der Waals surface area contributed by atoms with Gasteiger partial charge in [-0.25, -0.2) is 13.8 Å². The average molecular weight is 243 g/mol. The summed E-state index contributed by atoms with van der Waals surface area (Å²) in [5.41, 5.74) is 5.48. The van der Waals surface area contributed by atoms with Gasteiger partial charge in [0.2, 0.25) is 5.92 Å². The van der Waals surface area contributed by atoms with Crippen molar-refractivity contribution in [2.75, 3.05) is 6.54 Å². The maximum atomic E-state index is 13.2. The van der Waals surface area contributed by atoms with Crippen molar-refractivity contribution in [2.24, 2.45) is 5.73 Å². The van der Waals surface area contributed by atoms with E-state index in [1.165, 1.54) is 0 Å². The topological polar surface area (TPSA) is 43.8 Å². The zero-order chi connectivity index (χ0) is 12.5. The number of nitrogens with two attached hydrogens (primary N) is 1. The lowest BCUT2D eigenvalue weighted by molar-refractivity contribution is -0.0523. The van der Waals surface area contributed by atoms with Crippen molar-refractivity contribution in [1.82, 2.24) is 9.55 Å². The lowest BCUT2D eigenvalue weighted by Crippen LogP contribution is -2.43. The summed E-state index contributed by atoms with van der Waals surface area (Å²) in [7, 11) is 0. The maximum absolute atomic E-state index is 13.2. The molecular weight excluding hydrogens is 224 g/mol. The molecule has 0 radical (unpaired) electrons. The van der Waals surface area contributed by atoms with E-state index in [1.54, 1.807) is 6.20 Å². The molecule has 17 heavy (non-hydrogen) atoms. The van der Waals surface area contributed by atoms with Crippen molar-refractivity contribution in [3.05, 3.63) is 18.2 Å². The number of hydrogen-bond donors (Lipinski definition) is 1. The number of aromatic nitrogens is 2. The van der Waals surface area contributed by atoms with Crippen molar-refractivity contribution < 1.29 is 8.78 Å². The molecule has 1 saturated carbocycles. The van der Waals surface area contributed by atoms with Crippen LogP contribution in [0.3, 0.4) is 0 Å². The molecule has 0 saturated heterocycles. The van der Waals surface area contributed by atoms with Crippen LogP contribution in [0.4, 0.5) is 8.78 Å². The predicted molar refractivity (Wildman–Crippen MR) is 62.0 cm³/mol. The van der Waals surface area contributed by atoms with Gasteiger partial charge in [-0.2, -0.15) is 0 Å². The average Bonchev–Trinajstić information content (AvgIpc) is 2.79. The van der Waals surface area contributed by atoms with Gasteiger partial charge >= 0.3 is 0 Å². The molecule has 1 fully saturated rings. The summed E-state index contributed by atoms with van der Waals surface area (Å²) in [5.74, 6) is -1.65. The van der Waals surface area contributed by atoms with Gasteiger partial charge in [0.15, 0.2) is 0 Å². The molecule has 3 nitrogen and oxygen atoms in total.